The zero-order valence-corrected chi connectivity index (χ0v) is 17.7. The van der Waals surface area contributed by atoms with E-state index in [9.17, 15) is 14.4 Å². The molecule has 2 amide bonds. The second-order valence-electron chi connectivity index (χ2n) is 6.75. The molecule has 0 saturated carbocycles. The molecule has 0 radical (unpaired) electrons. The molecule has 0 saturated heterocycles. The largest absolute Gasteiger partial charge is 0.493 e. The molecule has 0 aliphatic rings. The van der Waals surface area contributed by atoms with Gasteiger partial charge in [0.25, 0.3) is 0 Å². The van der Waals surface area contributed by atoms with Crippen LogP contribution in [0.25, 0.3) is 0 Å². The number of aryl methyl sites for hydroxylation is 2. The maximum Gasteiger partial charge on any atom is 0.379 e. The number of rotatable bonds is 6. The molecule has 0 aliphatic carbocycles. The summed E-state index contributed by atoms with van der Waals surface area (Å²) in [6.45, 7) is 3.71. The topological polar surface area (TPSA) is 119 Å². The van der Waals surface area contributed by atoms with Crippen molar-refractivity contribution in [3.63, 3.8) is 0 Å². The van der Waals surface area contributed by atoms with E-state index < -0.39 is 17.8 Å². The lowest BCUT2D eigenvalue weighted by Gasteiger charge is -2.09. The zero-order chi connectivity index (χ0) is 23.1. The highest BCUT2D eigenvalue weighted by Crippen LogP contribution is 2.28. The Morgan fingerprint density at radius 1 is 1.00 bits per heavy atom. The van der Waals surface area contributed by atoms with E-state index in [0.29, 0.717) is 11.3 Å². The highest BCUT2D eigenvalue weighted by Gasteiger charge is 2.16. The van der Waals surface area contributed by atoms with Crippen LogP contribution < -0.4 is 20.2 Å². The number of ether oxygens (including phenoxy) is 2. The molecular weight excluding hydrogens is 414 g/mol. The number of furan rings is 1. The van der Waals surface area contributed by atoms with Crippen molar-refractivity contribution in [3.05, 3.63) is 77.2 Å². The van der Waals surface area contributed by atoms with Crippen molar-refractivity contribution in [1.82, 2.24) is 5.43 Å². The lowest BCUT2D eigenvalue weighted by molar-refractivity contribution is -0.136. The predicted octanol–water partition coefficient (Wildman–Crippen LogP) is 3.21. The van der Waals surface area contributed by atoms with E-state index in [4.69, 9.17) is 13.9 Å². The third kappa shape index (κ3) is 5.60. The van der Waals surface area contributed by atoms with Crippen LogP contribution in [0.1, 0.15) is 27.2 Å². The van der Waals surface area contributed by atoms with Crippen LogP contribution in [0.15, 0.2) is 64.3 Å². The Kier molecular flexibility index (Phi) is 7.02. The summed E-state index contributed by atoms with van der Waals surface area (Å²) in [5.41, 5.74) is 5.05. The van der Waals surface area contributed by atoms with Gasteiger partial charge in [0, 0.05) is 5.69 Å². The minimum absolute atomic E-state index is 0.0551. The molecule has 2 aromatic carbocycles. The number of hydrazone groups is 1. The molecule has 3 rings (SSSR count). The van der Waals surface area contributed by atoms with Crippen molar-refractivity contribution in [2.75, 3.05) is 12.4 Å². The zero-order valence-electron chi connectivity index (χ0n) is 17.7. The average molecular weight is 435 g/mol. The second kappa shape index (κ2) is 10.1. The van der Waals surface area contributed by atoms with Crippen molar-refractivity contribution < 1.29 is 28.3 Å². The number of hydrogen-bond donors (Lipinski definition) is 2. The summed E-state index contributed by atoms with van der Waals surface area (Å²) < 4.78 is 15.5. The molecule has 0 fully saturated rings. The van der Waals surface area contributed by atoms with E-state index in [0.717, 1.165) is 11.1 Å². The Bertz CT molecular complexity index is 1170. The molecule has 3 aromatic rings. The van der Waals surface area contributed by atoms with Crippen molar-refractivity contribution >= 4 is 29.7 Å². The normalized spacial score (nSPS) is 10.6. The molecule has 2 N–H and O–H groups in total. The van der Waals surface area contributed by atoms with E-state index in [2.05, 4.69) is 15.8 Å². The molecule has 1 heterocycles. The number of carbonyl (C=O) groups is 3. The maximum absolute atomic E-state index is 12.1. The van der Waals surface area contributed by atoms with Gasteiger partial charge in [0.05, 0.1) is 19.6 Å². The summed E-state index contributed by atoms with van der Waals surface area (Å²) in [5, 5.41) is 6.34. The van der Waals surface area contributed by atoms with E-state index in [1.807, 2.05) is 26.0 Å². The predicted molar refractivity (Wildman–Crippen MR) is 117 cm³/mol. The smallest absolute Gasteiger partial charge is 0.379 e. The van der Waals surface area contributed by atoms with E-state index >= 15 is 0 Å². The third-order valence-corrected chi connectivity index (χ3v) is 4.34. The Balaban J connectivity index is 1.60. The first kappa shape index (κ1) is 22.3. The Morgan fingerprint density at radius 3 is 2.53 bits per heavy atom. The van der Waals surface area contributed by atoms with Gasteiger partial charge in [-0.05, 0) is 66.9 Å². The molecule has 0 unspecified atom stereocenters. The first-order valence-corrected chi connectivity index (χ1v) is 9.52. The standard InChI is InChI=1S/C23H21N3O6/c1-14-6-7-15(2)17(11-14)25-21(27)22(28)26-24-13-16-8-9-18(20(12-16)30-3)32-23(29)19-5-4-10-31-19/h4-13H,1-3H3,(H,25,27)(H,26,28)/b24-13+. The monoisotopic (exact) mass is 435 g/mol. The van der Waals surface area contributed by atoms with Crippen LogP contribution in [0, 0.1) is 13.8 Å². The number of amides is 2. The molecule has 0 bridgehead atoms. The van der Waals surface area contributed by atoms with Crippen molar-refractivity contribution in [1.29, 1.82) is 0 Å². The van der Waals surface area contributed by atoms with Gasteiger partial charge in [-0.3, -0.25) is 9.59 Å². The average Bonchev–Trinajstić information content (AvgIpc) is 3.32. The van der Waals surface area contributed by atoms with Crippen LogP contribution in [-0.4, -0.2) is 31.1 Å². The van der Waals surface area contributed by atoms with Gasteiger partial charge >= 0.3 is 17.8 Å². The van der Waals surface area contributed by atoms with E-state index in [-0.39, 0.29) is 17.3 Å². The first-order chi connectivity index (χ1) is 15.4. The van der Waals surface area contributed by atoms with Gasteiger partial charge in [0.1, 0.15) is 0 Å². The molecule has 9 heteroatoms. The third-order valence-electron chi connectivity index (χ3n) is 4.34. The summed E-state index contributed by atoms with van der Waals surface area (Å²) >= 11 is 0. The number of nitrogens with one attached hydrogen (secondary N) is 2. The highest BCUT2D eigenvalue weighted by atomic mass is 16.6. The number of benzene rings is 2. The maximum atomic E-state index is 12.1. The van der Waals surface area contributed by atoms with Crippen molar-refractivity contribution in [2.45, 2.75) is 13.8 Å². The fourth-order valence-electron chi connectivity index (χ4n) is 2.66. The minimum atomic E-state index is -0.918. The number of anilines is 1. The quantitative estimate of drug-likeness (QED) is 0.202. The summed E-state index contributed by atoms with van der Waals surface area (Å²) in [6, 6.07) is 13.2. The van der Waals surface area contributed by atoms with Gasteiger partial charge < -0.3 is 19.2 Å². The van der Waals surface area contributed by atoms with Crippen LogP contribution in [0.3, 0.4) is 0 Å². The summed E-state index contributed by atoms with van der Waals surface area (Å²) in [7, 11) is 1.42. The van der Waals surface area contributed by atoms with Gasteiger partial charge in [-0.25, -0.2) is 10.2 Å². The minimum Gasteiger partial charge on any atom is -0.493 e. The fraction of sp³-hybridized carbons (Fsp3) is 0.130. The van der Waals surface area contributed by atoms with Gasteiger partial charge in [-0.15, -0.1) is 0 Å². The lowest BCUT2D eigenvalue weighted by atomic mass is 10.1. The lowest BCUT2D eigenvalue weighted by Crippen LogP contribution is -2.32. The number of esters is 1. The SMILES string of the molecule is COc1cc(/C=N/NC(=O)C(=O)Nc2cc(C)ccc2C)ccc1OC(=O)c1ccco1. The first-order valence-electron chi connectivity index (χ1n) is 9.52. The molecule has 1 aromatic heterocycles. The molecule has 9 nitrogen and oxygen atoms in total. The molecule has 0 atom stereocenters. The van der Waals surface area contributed by atoms with Crippen LogP contribution in [0.2, 0.25) is 0 Å². The summed E-state index contributed by atoms with van der Waals surface area (Å²) in [4.78, 5) is 36.1. The van der Waals surface area contributed by atoms with Crippen LogP contribution in [0.4, 0.5) is 5.69 Å². The molecular formula is C23H21N3O6. The number of methoxy groups -OCH3 is 1. The van der Waals surface area contributed by atoms with Crippen molar-refractivity contribution in [3.8, 4) is 11.5 Å². The Labute approximate surface area is 184 Å². The molecule has 0 aliphatic heterocycles. The second-order valence-corrected chi connectivity index (χ2v) is 6.75. The Hall–Kier alpha value is -4.40. The summed E-state index contributed by atoms with van der Waals surface area (Å²) in [6.07, 6.45) is 2.69. The molecule has 32 heavy (non-hydrogen) atoms. The Morgan fingerprint density at radius 2 is 1.81 bits per heavy atom. The van der Waals surface area contributed by atoms with E-state index in [1.165, 1.54) is 31.7 Å². The molecule has 0 spiro atoms. The van der Waals surface area contributed by atoms with E-state index in [1.54, 1.807) is 24.3 Å². The number of hydrogen-bond acceptors (Lipinski definition) is 7. The number of nitrogens with zero attached hydrogens (tertiary/aromatic N) is 1. The van der Waals surface area contributed by atoms with Gasteiger partial charge in [-0.1, -0.05) is 12.1 Å². The fourth-order valence-corrected chi connectivity index (χ4v) is 2.66. The molecule has 164 valence electrons. The number of carbonyl (C=O) groups excluding carboxylic acids is 3. The summed E-state index contributed by atoms with van der Waals surface area (Å²) in [5.74, 6) is -1.92. The van der Waals surface area contributed by atoms with Crippen LogP contribution in [0.5, 0.6) is 11.5 Å². The van der Waals surface area contributed by atoms with Crippen LogP contribution in [-0.2, 0) is 9.59 Å². The van der Waals surface area contributed by atoms with Gasteiger partial charge in [0.15, 0.2) is 11.5 Å². The van der Waals surface area contributed by atoms with Crippen LogP contribution >= 0.6 is 0 Å². The highest BCUT2D eigenvalue weighted by molar-refractivity contribution is 6.39. The van der Waals surface area contributed by atoms with Gasteiger partial charge in [-0.2, -0.15) is 5.10 Å². The van der Waals surface area contributed by atoms with Gasteiger partial charge in [0.2, 0.25) is 5.76 Å². The van der Waals surface area contributed by atoms with Crippen molar-refractivity contribution in [2.24, 2.45) is 5.10 Å².